The Morgan fingerprint density at radius 2 is 2.28 bits per heavy atom. The monoisotopic (exact) mass is 268 g/mol. The number of hydrogen-bond acceptors (Lipinski definition) is 6. The maximum atomic E-state index is 10.5. The van der Waals surface area contributed by atoms with Crippen molar-refractivity contribution in [2.24, 2.45) is 7.05 Å². The summed E-state index contributed by atoms with van der Waals surface area (Å²) in [7, 11) is 1.90. The van der Waals surface area contributed by atoms with Gasteiger partial charge in [0.05, 0.1) is 10.8 Å². The summed E-state index contributed by atoms with van der Waals surface area (Å²) in [5.74, 6) is 1.37. The summed E-state index contributed by atoms with van der Waals surface area (Å²) in [5.41, 5.74) is -0.0113. The Hall–Kier alpha value is -1.90. The van der Waals surface area contributed by atoms with E-state index in [-0.39, 0.29) is 5.69 Å². The first-order chi connectivity index (χ1) is 8.61. The Labute approximate surface area is 107 Å². The number of thioether (sulfide) groups is 1. The van der Waals surface area contributed by atoms with Gasteiger partial charge in [0.2, 0.25) is 0 Å². The second-order valence-electron chi connectivity index (χ2n) is 3.58. The third-order valence-corrected chi connectivity index (χ3v) is 3.41. The molecule has 0 aliphatic carbocycles. The highest BCUT2D eigenvalue weighted by atomic mass is 32.2. The van der Waals surface area contributed by atoms with Crippen LogP contribution in [0.3, 0.4) is 0 Å². The van der Waals surface area contributed by atoms with Crippen LogP contribution in [0.4, 0.5) is 5.69 Å². The van der Waals surface area contributed by atoms with Gasteiger partial charge in [-0.1, -0.05) is 18.7 Å². The molecule has 0 bridgehead atoms. The molecule has 0 aliphatic heterocycles. The summed E-state index contributed by atoms with van der Waals surface area (Å²) in [6.07, 6.45) is 3.44. The molecule has 0 aromatic carbocycles. The quantitative estimate of drug-likeness (QED) is 0.460. The second kappa shape index (κ2) is 5.17. The Morgan fingerprint density at radius 1 is 1.50 bits per heavy atom. The molecule has 2 rings (SSSR count). The van der Waals surface area contributed by atoms with Crippen LogP contribution in [0.15, 0.2) is 17.6 Å². The van der Waals surface area contributed by atoms with Crippen LogP contribution < -0.4 is 0 Å². The largest absolute Gasteiger partial charge is 0.309 e. The van der Waals surface area contributed by atoms with E-state index < -0.39 is 4.92 Å². The fourth-order valence-electron chi connectivity index (χ4n) is 1.42. The van der Waals surface area contributed by atoms with E-state index in [1.54, 1.807) is 0 Å². The smallest absolute Gasteiger partial charge is 0.307 e. The summed E-state index contributed by atoms with van der Waals surface area (Å²) in [4.78, 5) is 10.0. The predicted octanol–water partition coefficient (Wildman–Crippen LogP) is 1.23. The third kappa shape index (κ3) is 2.50. The van der Waals surface area contributed by atoms with Gasteiger partial charge in [-0.15, -0.1) is 10.2 Å². The third-order valence-electron chi connectivity index (χ3n) is 2.40. The van der Waals surface area contributed by atoms with Crippen LogP contribution >= 0.6 is 11.8 Å². The van der Waals surface area contributed by atoms with Crippen LogP contribution in [0.1, 0.15) is 12.7 Å². The van der Waals surface area contributed by atoms with Gasteiger partial charge in [0, 0.05) is 13.5 Å². The van der Waals surface area contributed by atoms with Gasteiger partial charge >= 0.3 is 5.69 Å². The number of aromatic nitrogens is 5. The van der Waals surface area contributed by atoms with E-state index in [0.29, 0.717) is 5.88 Å². The highest BCUT2D eigenvalue weighted by Crippen LogP contribution is 2.18. The highest BCUT2D eigenvalue weighted by molar-refractivity contribution is 7.98. The molecule has 0 unspecified atom stereocenters. The molecule has 2 heterocycles. The predicted molar refractivity (Wildman–Crippen MR) is 65.1 cm³/mol. The SMILES string of the molecule is CCc1nnc(SCn2cc([N+](=O)[O-])cn2)n1C. The molecule has 0 saturated carbocycles. The topological polar surface area (TPSA) is 91.7 Å². The molecule has 8 nitrogen and oxygen atoms in total. The molecule has 0 radical (unpaired) electrons. The molecule has 0 atom stereocenters. The van der Waals surface area contributed by atoms with Crippen LogP contribution in [0, 0.1) is 10.1 Å². The molecule has 0 fully saturated rings. The van der Waals surface area contributed by atoms with Gasteiger partial charge in [0.15, 0.2) is 5.16 Å². The van der Waals surface area contributed by atoms with Crippen LogP contribution in [0.5, 0.6) is 0 Å². The average molecular weight is 268 g/mol. The molecular weight excluding hydrogens is 256 g/mol. The number of rotatable bonds is 5. The zero-order valence-electron chi connectivity index (χ0n) is 9.98. The van der Waals surface area contributed by atoms with Crippen molar-refractivity contribution in [2.75, 3.05) is 0 Å². The Balaban J connectivity index is 2.02. The van der Waals surface area contributed by atoms with E-state index in [1.807, 2.05) is 18.5 Å². The lowest BCUT2D eigenvalue weighted by atomic mass is 10.5. The first kappa shape index (κ1) is 12.6. The van der Waals surface area contributed by atoms with Gasteiger partial charge in [0.25, 0.3) is 0 Å². The van der Waals surface area contributed by atoms with Crippen molar-refractivity contribution in [1.29, 1.82) is 0 Å². The van der Waals surface area contributed by atoms with Crippen molar-refractivity contribution in [3.05, 3.63) is 28.3 Å². The van der Waals surface area contributed by atoms with Crippen LogP contribution in [-0.4, -0.2) is 29.5 Å². The van der Waals surface area contributed by atoms with Gasteiger partial charge in [-0.3, -0.25) is 14.8 Å². The molecule has 9 heteroatoms. The normalized spacial score (nSPS) is 10.8. The molecule has 2 aromatic heterocycles. The first-order valence-corrected chi connectivity index (χ1v) is 6.28. The number of hydrogen-bond donors (Lipinski definition) is 0. The summed E-state index contributed by atoms with van der Waals surface area (Å²) < 4.78 is 3.41. The zero-order valence-corrected chi connectivity index (χ0v) is 10.8. The van der Waals surface area contributed by atoms with Crippen LogP contribution in [-0.2, 0) is 19.3 Å². The van der Waals surface area contributed by atoms with E-state index in [9.17, 15) is 10.1 Å². The minimum atomic E-state index is -0.467. The number of aryl methyl sites for hydroxylation is 1. The summed E-state index contributed by atoms with van der Waals surface area (Å²) in [6, 6.07) is 0. The first-order valence-electron chi connectivity index (χ1n) is 5.29. The minimum absolute atomic E-state index is 0.0113. The molecular formula is C9H12N6O2S. The fourth-order valence-corrected chi connectivity index (χ4v) is 2.21. The molecule has 0 saturated heterocycles. The van der Waals surface area contributed by atoms with Crippen molar-refractivity contribution >= 4 is 17.4 Å². The van der Waals surface area contributed by atoms with Gasteiger partial charge in [-0.2, -0.15) is 5.10 Å². The summed E-state index contributed by atoms with van der Waals surface area (Å²) in [6.45, 7) is 2.01. The zero-order chi connectivity index (χ0) is 13.1. The molecule has 0 spiro atoms. The summed E-state index contributed by atoms with van der Waals surface area (Å²) >= 11 is 1.43. The van der Waals surface area contributed by atoms with E-state index in [0.717, 1.165) is 17.4 Å². The van der Waals surface area contributed by atoms with Crippen molar-refractivity contribution in [3.63, 3.8) is 0 Å². The van der Waals surface area contributed by atoms with Gasteiger partial charge in [-0.05, 0) is 0 Å². The molecule has 0 N–H and O–H groups in total. The van der Waals surface area contributed by atoms with E-state index in [2.05, 4.69) is 15.3 Å². The van der Waals surface area contributed by atoms with Crippen molar-refractivity contribution in [3.8, 4) is 0 Å². The highest BCUT2D eigenvalue weighted by Gasteiger charge is 2.11. The number of nitrogens with zero attached hydrogens (tertiary/aromatic N) is 6. The lowest BCUT2D eigenvalue weighted by molar-refractivity contribution is -0.385. The molecule has 0 aliphatic rings. The standard InChI is InChI=1S/C9H12N6O2S/c1-3-8-11-12-9(13(8)2)18-6-14-5-7(4-10-14)15(16)17/h4-5H,3,6H2,1-2H3. The van der Waals surface area contributed by atoms with Crippen LogP contribution in [0.25, 0.3) is 0 Å². The van der Waals surface area contributed by atoms with E-state index >= 15 is 0 Å². The van der Waals surface area contributed by atoms with Crippen molar-refractivity contribution in [2.45, 2.75) is 24.4 Å². The number of nitro groups is 1. The Bertz CT molecular complexity index is 563. The molecule has 0 amide bonds. The second-order valence-corrected chi connectivity index (χ2v) is 4.49. The van der Waals surface area contributed by atoms with Crippen LogP contribution in [0.2, 0.25) is 0 Å². The molecule has 18 heavy (non-hydrogen) atoms. The van der Waals surface area contributed by atoms with E-state index in [1.165, 1.54) is 28.8 Å². The Kier molecular flexibility index (Phi) is 3.60. The van der Waals surface area contributed by atoms with Crippen molar-refractivity contribution in [1.82, 2.24) is 24.5 Å². The van der Waals surface area contributed by atoms with Gasteiger partial charge in [-0.25, -0.2) is 0 Å². The molecule has 2 aromatic rings. The van der Waals surface area contributed by atoms with Gasteiger partial charge in [0.1, 0.15) is 18.2 Å². The lowest BCUT2D eigenvalue weighted by Gasteiger charge is -2.01. The molecule has 96 valence electrons. The summed E-state index contributed by atoms with van der Waals surface area (Å²) in [5, 5.41) is 23.3. The van der Waals surface area contributed by atoms with E-state index in [4.69, 9.17) is 0 Å². The fraction of sp³-hybridized carbons (Fsp3) is 0.444. The maximum absolute atomic E-state index is 10.5. The van der Waals surface area contributed by atoms with Crippen molar-refractivity contribution < 1.29 is 4.92 Å². The maximum Gasteiger partial charge on any atom is 0.307 e. The Morgan fingerprint density at radius 3 is 2.83 bits per heavy atom. The lowest BCUT2D eigenvalue weighted by Crippen LogP contribution is -1.99. The average Bonchev–Trinajstić information content (AvgIpc) is 2.93. The van der Waals surface area contributed by atoms with Gasteiger partial charge < -0.3 is 4.57 Å². The minimum Gasteiger partial charge on any atom is -0.309 e.